The van der Waals surface area contributed by atoms with Crippen molar-refractivity contribution in [1.82, 2.24) is 10.6 Å². The molecule has 0 saturated heterocycles. The lowest BCUT2D eigenvalue weighted by atomic mass is 9.98. The molecule has 0 bridgehead atoms. The highest BCUT2D eigenvalue weighted by atomic mass is 16.5. The zero-order chi connectivity index (χ0) is 24.0. The first-order valence-corrected chi connectivity index (χ1v) is 10.6. The van der Waals surface area contributed by atoms with Gasteiger partial charge in [0.2, 0.25) is 0 Å². The molecule has 2 amide bonds. The normalized spacial score (nSPS) is 15.0. The summed E-state index contributed by atoms with van der Waals surface area (Å²) in [7, 11) is 1.30. The van der Waals surface area contributed by atoms with E-state index < -0.39 is 36.1 Å². The number of hydrogen-bond acceptors (Lipinski definition) is 6. The fraction of sp³-hybridized carbons (Fsp3) is 0.375. The second kappa shape index (κ2) is 10.5. The third-order valence-corrected chi connectivity index (χ3v) is 5.53. The average Bonchev–Trinajstić information content (AvgIpc) is 3.10. The number of ether oxygens (including phenoxy) is 2. The molecule has 176 valence electrons. The Morgan fingerprint density at radius 1 is 1.03 bits per heavy atom. The number of carboxylic acid groups (broad SMARTS) is 1. The summed E-state index contributed by atoms with van der Waals surface area (Å²) in [4.78, 5) is 35.3. The van der Waals surface area contributed by atoms with Crippen LogP contribution < -0.4 is 10.6 Å². The van der Waals surface area contributed by atoms with Crippen molar-refractivity contribution in [2.45, 2.75) is 31.0 Å². The van der Waals surface area contributed by atoms with E-state index in [9.17, 15) is 19.5 Å². The summed E-state index contributed by atoms with van der Waals surface area (Å²) in [5.41, 5.74) is 2.82. The summed E-state index contributed by atoms with van der Waals surface area (Å²) in [6.45, 7) is 1.02. The van der Waals surface area contributed by atoms with Gasteiger partial charge in [0, 0.05) is 19.6 Å². The predicted octanol–water partition coefficient (Wildman–Crippen LogP) is 1.88. The zero-order valence-electron chi connectivity index (χ0n) is 18.5. The Labute approximate surface area is 191 Å². The number of hydrogen-bond donors (Lipinski definition) is 4. The maximum absolute atomic E-state index is 12.3. The molecular weight excluding hydrogens is 428 g/mol. The van der Waals surface area contributed by atoms with Crippen molar-refractivity contribution in [3.05, 3.63) is 59.7 Å². The number of carbonyl (C=O) groups excluding carboxylic acids is 2. The van der Waals surface area contributed by atoms with Crippen molar-refractivity contribution in [3.8, 4) is 11.1 Å². The quantitative estimate of drug-likeness (QED) is 0.429. The third kappa shape index (κ3) is 6.09. The summed E-state index contributed by atoms with van der Waals surface area (Å²) in [5, 5.41) is 23.7. The minimum atomic E-state index is -1.61. The second-order valence-corrected chi connectivity index (χ2v) is 8.22. The maximum Gasteiger partial charge on any atom is 0.407 e. The van der Waals surface area contributed by atoms with Gasteiger partial charge in [-0.1, -0.05) is 48.5 Å². The Balaban J connectivity index is 1.51. The van der Waals surface area contributed by atoms with E-state index in [0.717, 1.165) is 22.3 Å². The van der Waals surface area contributed by atoms with Crippen molar-refractivity contribution in [3.63, 3.8) is 0 Å². The Hall–Kier alpha value is -3.43. The summed E-state index contributed by atoms with van der Waals surface area (Å²) in [6, 6.07) is 16.0. The van der Waals surface area contributed by atoms with Gasteiger partial charge in [0.05, 0.1) is 18.6 Å². The Morgan fingerprint density at radius 2 is 1.61 bits per heavy atom. The number of nitrogens with one attached hydrogen (secondary N) is 2. The second-order valence-electron chi connectivity index (χ2n) is 8.22. The van der Waals surface area contributed by atoms with Crippen LogP contribution in [0.5, 0.6) is 0 Å². The van der Waals surface area contributed by atoms with E-state index in [1.807, 2.05) is 48.5 Å². The van der Waals surface area contributed by atoms with E-state index in [1.54, 1.807) is 0 Å². The molecule has 0 heterocycles. The van der Waals surface area contributed by atoms with Gasteiger partial charge in [0.15, 0.2) is 6.10 Å². The molecule has 0 aliphatic heterocycles. The molecule has 9 heteroatoms. The SMILES string of the molecule is COC(CNC(=O)OCC1c2ccccc2-c2ccccc21)C(=O)NCC(C)(O)CC(=O)O. The van der Waals surface area contributed by atoms with Gasteiger partial charge in [-0.05, 0) is 29.2 Å². The van der Waals surface area contributed by atoms with Crippen LogP contribution in [0, 0.1) is 0 Å². The Bertz CT molecular complexity index is 976. The summed E-state index contributed by atoms with van der Waals surface area (Å²) >= 11 is 0. The fourth-order valence-corrected chi connectivity index (χ4v) is 3.89. The monoisotopic (exact) mass is 456 g/mol. The van der Waals surface area contributed by atoms with E-state index in [0.29, 0.717) is 0 Å². The van der Waals surface area contributed by atoms with Crippen LogP contribution in [-0.2, 0) is 19.1 Å². The first kappa shape index (κ1) is 24.2. The molecule has 33 heavy (non-hydrogen) atoms. The lowest BCUT2D eigenvalue weighted by Gasteiger charge is -2.23. The number of carbonyl (C=O) groups is 3. The molecule has 1 aliphatic carbocycles. The number of amides is 2. The average molecular weight is 456 g/mol. The molecule has 2 atom stereocenters. The molecule has 3 rings (SSSR count). The lowest BCUT2D eigenvalue weighted by Crippen LogP contribution is -2.49. The molecule has 0 aromatic heterocycles. The van der Waals surface area contributed by atoms with Crippen LogP contribution in [0.1, 0.15) is 30.4 Å². The standard InChI is InChI=1S/C24H28N2O7/c1-24(31,11-21(27)28)14-26-22(29)20(32-2)12-25-23(30)33-13-19-17-9-5-3-7-15(17)16-8-4-6-10-18(16)19/h3-10,19-20,31H,11-14H2,1-2H3,(H,25,30)(H,26,29)(H,27,28). The number of alkyl carbamates (subject to hydrolysis) is 1. The van der Waals surface area contributed by atoms with Gasteiger partial charge >= 0.3 is 12.1 Å². The summed E-state index contributed by atoms with van der Waals surface area (Å²) in [6.07, 6.45) is -2.25. The van der Waals surface area contributed by atoms with Crippen LogP contribution in [0.3, 0.4) is 0 Å². The van der Waals surface area contributed by atoms with Gasteiger partial charge in [-0.2, -0.15) is 0 Å². The topological polar surface area (TPSA) is 134 Å². The molecule has 2 unspecified atom stereocenters. The highest BCUT2D eigenvalue weighted by Gasteiger charge is 2.30. The largest absolute Gasteiger partial charge is 0.481 e. The number of aliphatic carboxylic acids is 1. The van der Waals surface area contributed by atoms with Crippen molar-refractivity contribution in [2.75, 3.05) is 26.8 Å². The van der Waals surface area contributed by atoms with Crippen LogP contribution in [0.15, 0.2) is 48.5 Å². The van der Waals surface area contributed by atoms with Crippen molar-refractivity contribution in [2.24, 2.45) is 0 Å². The van der Waals surface area contributed by atoms with Crippen molar-refractivity contribution < 1.29 is 34.1 Å². The zero-order valence-corrected chi connectivity index (χ0v) is 18.5. The molecule has 2 aromatic rings. The van der Waals surface area contributed by atoms with Gasteiger partial charge in [0.1, 0.15) is 6.61 Å². The van der Waals surface area contributed by atoms with Crippen LogP contribution in [0.25, 0.3) is 11.1 Å². The molecule has 1 aliphatic rings. The predicted molar refractivity (Wildman–Crippen MR) is 120 cm³/mol. The van der Waals surface area contributed by atoms with Crippen LogP contribution in [-0.4, -0.2) is 66.7 Å². The van der Waals surface area contributed by atoms with Gasteiger partial charge < -0.3 is 30.3 Å². The highest BCUT2D eigenvalue weighted by molar-refractivity contribution is 5.82. The molecule has 4 N–H and O–H groups in total. The Morgan fingerprint density at radius 3 is 2.15 bits per heavy atom. The van der Waals surface area contributed by atoms with Crippen molar-refractivity contribution in [1.29, 1.82) is 0 Å². The summed E-state index contributed by atoms with van der Waals surface area (Å²) < 4.78 is 10.5. The number of benzene rings is 2. The number of methoxy groups -OCH3 is 1. The minimum Gasteiger partial charge on any atom is -0.481 e. The molecule has 0 fully saturated rings. The third-order valence-electron chi connectivity index (χ3n) is 5.53. The lowest BCUT2D eigenvalue weighted by molar-refractivity contribution is -0.143. The Kier molecular flexibility index (Phi) is 7.67. The smallest absolute Gasteiger partial charge is 0.407 e. The van der Waals surface area contributed by atoms with E-state index >= 15 is 0 Å². The van der Waals surface area contributed by atoms with Gasteiger partial charge in [-0.3, -0.25) is 9.59 Å². The van der Waals surface area contributed by atoms with Crippen LogP contribution in [0.4, 0.5) is 4.79 Å². The minimum absolute atomic E-state index is 0.0823. The number of rotatable bonds is 10. The molecule has 0 saturated carbocycles. The summed E-state index contributed by atoms with van der Waals surface area (Å²) in [5.74, 6) is -1.86. The first-order valence-electron chi connectivity index (χ1n) is 10.6. The van der Waals surface area contributed by atoms with Crippen molar-refractivity contribution >= 4 is 18.0 Å². The van der Waals surface area contributed by atoms with E-state index in [4.69, 9.17) is 14.6 Å². The van der Waals surface area contributed by atoms with Gasteiger partial charge in [0.25, 0.3) is 5.91 Å². The molecular formula is C24H28N2O7. The first-order chi connectivity index (χ1) is 15.7. The van der Waals surface area contributed by atoms with E-state index in [2.05, 4.69) is 10.6 Å². The van der Waals surface area contributed by atoms with E-state index in [-0.39, 0.29) is 25.6 Å². The van der Waals surface area contributed by atoms with E-state index in [1.165, 1.54) is 14.0 Å². The van der Waals surface area contributed by atoms with Crippen LogP contribution >= 0.6 is 0 Å². The maximum atomic E-state index is 12.3. The fourth-order valence-electron chi connectivity index (χ4n) is 3.89. The van der Waals surface area contributed by atoms with Crippen LogP contribution in [0.2, 0.25) is 0 Å². The molecule has 2 aromatic carbocycles. The molecule has 0 radical (unpaired) electrons. The number of carboxylic acids is 1. The number of aliphatic hydroxyl groups is 1. The van der Waals surface area contributed by atoms with Gasteiger partial charge in [-0.25, -0.2) is 4.79 Å². The molecule has 0 spiro atoms. The highest BCUT2D eigenvalue weighted by Crippen LogP contribution is 2.44. The number of fused-ring (bicyclic) bond motifs is 3. The van der Waals surface area contributed by atoms with Gasteiger partial charge in [-0.15, -0.1) is 0 Å². The molecule has 9 nitrogen and oxygen atoms in total.